The molecule has 1 amide bonds. The molecule has 1 unspecified atom stereocenters. The van der Waals surface area contributed by atoms with Gasteiger partial charge in [-0.05, 0) is 45.7 Å². The summed E-state index contributed by atoms with van der Waals surface area (Å²) in [6.07, 6.45) is 1.65. The highest BCUT2D eigenvalue weighted by Gasteiger charge is 2.28. The highest BCUT2D eigenvalue weighted by atomic mass is 35.5. The third kappa shape index (κ3) is 4.93. The maximum absolute atomic E-state index is 12.2. The Hall–Kier alpha value is -1.62. The molecule has 1 fully saturated rings. The first-order valence-corrected chi connectivity index (χ1v) is 8.25. The number of ether oxygens (including phenoxy) is 2. The van der Waals surface area contributed by atoms with Crippen LogP contribution >= 0.6 is 11.6 Å². The van der Waals surface area contributed by atoms with E-state index in [0.29, 0.717) is 17.3 Å². The minimum absolute atomic E-state index is 0.142. The molecular formula is C17H25ClN2O3. The highest BCUT2D eigenvalue weighted by molar-refractivity contribution is 6.32. The van der Waals surface area contributed by atoms with E-state index in [1.807, 2.05) is 32.9 Å². The van der Waals surface area contributed by atoms with E-state index in [-0.39, 0.29) is 12.1 Å². The number of piperidine rings is 1. The first-order valence-electron chi connectivity index (χ1n) is 7.87. The van der Waals surface area contributed by atoms with Crippen molar-refractivity contribution in [2.24, 2.45) is 0 Å². The Kier molecular flexibility index (Phi) is 5.63. The Morgan fingerprint density at radius 2 is 2.13 bits per heavy atom. The van der Waals surface area contributed by atoms with Gasteiger partial charge in [0.25, 0.3) is 0 Å². The summed E-state index contributed by atoms with van der Waals surface area (Å²) in [6, 6.07) is 5.74. The number of hydrogen-bond acceptors (Lipinski definition) is 4. The fraction of sp³-hybridized carbons (Fsp3) is 0.588. The van der Waals surface area contributed by atoms with Crippen molar-refractivity contribution in [2.75, 3.05) is 25.5 Å². The standard InChI is InChI=1S/C17H25ClN2O3/c1-17(2,3)23-16(21)20-10-6-7-12(11-20)19-14-9-5-8-13(18)15(14)22-4/h5,8-9,12,19H,6-7,10-11H2,1-4H3. The van der Waals surface area contributed by atoms with Crippen LogP contribution in [0.25, 0.3) is 0 Å². The first-order chi connectivity index (χ1) is 10.8. The minimum Gasteiger partial charge on any atom is -0.493 e. The number of anilines is 1. The molecule has 128 valence electrons. The third-order valence-electron chi connectivity index (χ3n) is 3.60. The number of amides is 1. The van der Waals surface area contributed by atoms with Crippen molar-refractivity contribution in [1.29, 1.82) is 0 Å². The van der Waals surface area contributed by atoms with E-state index in [1.165, 1.54) is 0 Å². The number of methoxy groups -OCH3 is 1. The molecule has 6 heteroatoms. The zero-order valence-electron chi connectivity index (χ0n) is 14.2. The Morgan fingerprint density at radius 3 is 2.78 bits per heavy atom. The van der Waals surface area contributed by atoms with Crippen molar-refractivity contribution in [2.45, 2.75) is 45.3 Å². The Bertz CT molecular complexity index is 557. The topological polar surface area (TPSA) is 50.8 Å². The van der Waals surface area contributed by atoms with Crippen molar-refractivity contribution in [3.63, 3.8) is 0 Å². The molecule has 1 aliphatic rings. The zero-order valence-corrected chi connectivity index (χ0v) is 14.9. The normalized spacial score (nSPS) is 18.5. The van der Waals surface area contributed by atoms with Gasteiger partial charge in [0.2, 0.25) is 0 Å². The molecular weight excluding hydrogens is 316 g/mol. The van der Waals surface area contributed by atoms with E-state index in [0.717, 1.165) is 25.1 Å². The summed E-state index contributed by atoms with van der Waals surface area (Å²) in [5, 5.41) is 4.00. The first kappa shape index (κ1) is 17.7. The van der Waals surface area contributed by atoms with Gasteiger partial charge in [-0.1, -0.05) is 17.7 Å². The van der Waals surface area contributed by atoms with Gasteiger partial charge in [0.1, 0.15) is 5.60 Å². The second-order valence-electron chi connectivity index (χ2n) is 6.73. The molecule has 0 radical (unpaired) electrons. The number of carbonyl (C=O) groups excluding carboxylic acids is 1. The number of nitrogens with one attached hydrogen (secondary N) is 1. The molecule has 1 aromatic carbocycles. The number of nitrogens with zero attached hydrogens (tertiary/aromatic N) is 1. The number of rotatable bonds is 3. The average Bonchev–Trinajstić information content (AvgIpc) is 2.46. The Labute approximate surface area is 142 Å². The van der Waals surface area contributed by atoms with Gasteiger partial charge in [-0.25, -0.2) is 4.79 Å². The molecule has 0 saturated carbocycles. The Morgan fingerprint density at radius 1 is 1.39 bits per heavy atom. The largest absolute Gasteiger partial charge is 0.493 e. The minimum atomic E-state index is -0.479. The summed E-state index contributed by atoms with van der Waals surface area (Å²) in [6.45, 7) is 6.95. The van der Waals surface area contributed by atoms with Crippen molar-refractivity contribution in [3.05, 3.63) is 23.2 Å². The highest BCUT2D eigenvalue weighted by Crippen LogP contribution is 2.33. The van der Waals surface area contributed by atoms with Crippen molar-refractivity contribution in [1.82, 2.24) is 4.90 Å². The summed E-state index contributed by atoms with van der Waals surface area (Å²) in [5.41, 5.74) is 0.365. The van der Waals surface area contributed by atoms with Gasteiger partial charge in [-0.2, -0.15) is 0 Å². The van der Waals surface area contributed by atoms with Crippen LogP contribution in [0.3, 0.4) is 0 Å². The number of halogens is 1. The maximum Gasteiger partial charge on any atom is 0.410 e. The third-order valence-corrected chi connectivity index (χ3v) is 3.90. The molecule has 1 heterocycles. The molecule has 0 aromatic heterocycles. The van der Waals surface area contributed by atoms with E-state index in [4.69, 9.17) is 21.1 Å². The van der Waals surface area contributed by atoms with Crippen LogP contribution in [0.2, 0.25) is 5.02 Å². The molecule has 0 bridgehead atoms. The fourth-order valence-corrected chi connectivity index (χ4v) is 2.89. The number of carbonyl (C=O) groups is 1. The van der Waals surface area contributed by atoms with Crippen LogP contribution in [0.5, 0.6) is 5.75 Å². The predicted molar refractivity (Wildman–Crippen MR) is 92.5 cm³/mol. The lowest BCUT2D eigenvalue weighted by atomic mass is 10.1. The SMILES string of the molecule is COc1c(Cl)cccc1NC1CCCN(C(=O)OC(C)(C)C)C1. The number of hydrogen-bond donors (Lipinski definition) is 1. The van der Waals surface area contributed by atoms with Crippen molar-refractivity contribution < 1.29 is 14.3 Å². The van der Waals surface area contributed by atoms with Crippen molar-refractivity contribution >= 4 is 23.4 Å². The molecule has 1 aliphatic heterocycles. The van der Waals surface area contributed by atoms with Gasteiger partial charge in [-0.3, -0.25) is 0 Å². The molecule has 1 atom stereocenters. The lowest BCUT2D eigenvalue weighted by Crippen LogP contribution is -2.47. The number of benzene rings is 1. The van der Waals surface area contributed by atoms with E-state index < -0.39 is 5.60 Å². The molecule has 1 saturated heterocycles. The second kappa shape index (κ2) is 7.30. The van der Waals surface area contributed by atoms with Crippen LogP contribution in [0.15, 0.2) is 18.2 Å². The number of likely N-dealkylation sites (tertiary alicyclic amines) is 1. The summed E-state index contributed by atoms with van der Waals surface area (Å²) < 4.78 is 10.8. The molecule has 1 N–H and O–H groups in total. The monoisotopic (exact) mass is 340 g/mol. The summed E-state index contributed by atoms with van der Waals surface area (Å²) in [4.78, 5) is 14.0. The quantitative estimate of drug-likeness (QED) is 0.897. The molecule has 2 rings (SSSR count). The number of para-hydroxylation sites is 1. The van der Waals surface area contributed by atoms with Crippen LogP contribution in [-0.4, -0.2) is 42.8 Å². The van der Waals surface area contributed by atoms with Gasteiger partial charge in [0.05, 0.1) is 17.8 Å². The predicted octanol–water partition coefficient (Wildman–Crippen LogP) is 4.16. The fourth-order valence-electron chi connectivity index (χ4n) is 2.64. The summed E-state index contributed by atoms with van der Waals surface area (Å²) in [5.74, 6) is 0.628. The van der Waals surface area contributed by atoms with Gasteiger partial charge >= 0.3 is 6.09 Å². The van der Waals surface area contributed by atoms with Crippen LogP contribution in [0, 0.1) is 0 Å². The van der Waals surface area contributed by atoms with Crippen LogP contribution < -0.4 is 10.1 Å². The summed E-state index contributed by atoms with van der Waals surface area (Å²) in [7, 11) is 1.60. The summed E-state index contributed by atoms with van der Waals surface area (Å²) >= 11 is 6.15. The van der Waals surface area contributed by atoms with Crippen molar-refractivity contribution in [3.8, 4) is 5.75 Å². The maximum atomic E-state index is 12.2. The lowest BCUT2D eigenvalue weighted by molar-refractivity contribution is 0.0206. The van der Waals surface area contributed by atoms with Gasteiger partial charge in [0.15, 0.2) is 5.75 Å². The molecule has 23 heavy (non-hydrogen) atoms. The van der Waals surface area contributed by atoms with E-state index in [9.17, 15) is 4.79 Å². The van der Waals surface area contributed by atoms with Gasteiger partial charge in [0, 0.05) is 19.1 Å². The van der Waals surface area contributed by atoms with Crippen LogP contribution in [0.4, 0.5) is 10.5 Å². The van der Waals surface area contributed by atoms with E-state index in [1.54, 1.807) is 18.1 Å². The van der Waals surface area contributed by atoms with Gasteiger partial charge in [-0.15, -0.1) is 0 Å². The molecule has 5 nitrogen and oxygen atoms in total. The Balaban J connectivity index is 2.02. The van der Waals surface area contributed by atoms with E-state index >= 15 is 0 Å². The molecule has 1 aromatic rings. The second-order valence-corrected chi connectivity index (χ2v) is 7.14. The molecule has 0 aliphatic carbocycles. The van der Waals surface area contributed by atoms with Crippen LogP contribution in [0.1, 0.15) is 33.6 Å². The zero-order chi connectivity index (χ0) is 17.0. The smallest absolute Gasteiger partial charge is 0.410 e. The van der Waals surface area contributed by atoms with Gasteiger partial charge < -0.3 is 19.7 Å². The lowest BCUT2D eigenvalue weighted by Gasteiger charge is -2.35. The average molecular weight is 341 g/mol. The molecule has 0 spiro atoms. The van der Waals surface area contributed by atoms with E-state index in [2.05, 4.69) is 5.32 Å². The van der Waals surface area contributed by atoms with Crippen LogP contribution in [-0.2, 0) is 4.74 Å².